The first-order valence-corrected chi connectivity index (χ1v) is 11.9. The Morgan fingerprint density at radius 1 is 1.22 bits per heavy atom. The summed E-state index contributed by atoms with van der Waals surface area (Å²) >= 11 is 6.13. The molecular weight excluding hydrogens is 482 g/mol. The summed E-state index contributed by atoms with van der Waals surface area (Å²) in [4.78, 5) is 46.6. The molecule has 1 aliphatic heterocycles. The van der Waals surface area contributed by atoms with Gasteiger partial charge in [-0.25, -0.2) is 9.78 Å². The number of halogens is 1. The molecule has 0 radical (unpaired) electrons. The van der Waals surface area contributed by atoms with E-state index in [2.05, 4.69) is 15.4 Å². The molecule has 4 amide bonds. The molecule has 36 heavy (non-hydrogen) atoms. The van der Waals surface area contributed by atoms with Crippen molar-refractivity contribution in [3.63, 3.8) is 0 Å². The number of rotatable bonds is 7. The van der Waals surface area contributed by atoms with Crippen LogP contribution in [0, 0.1) is 5.92 Å². The molecule has 2 aromatic heterocycles. The number of aryl methyl sites for hydroxylation is 1. The van der Waals surface area contributed by atoms with Gasteiger partial charge >= 0.3 is 6.03 Å². The fraction of sp³-hybridized carbons (Fsp3) is 0.320. The van der Waals surface area contributed by atoms with Crippen LogP contribution in [0.3, 0.4) is 0 Å². The van der Waals surface area contributed by atoms with Crippen LogP contribution in [0.4, 0.5) is 16.4 Å². The number of carbonyl (C=O) groups is 3. The first-order chi connectivity index (χ1) is 17.2. The average Bonchev–Trinajstić information content (AvgIpc) is 3.28. The molecule has 3 heterocycles. The molecule has 0 aliphatic carbocycles. The van der Waals surface area contributed by atoms with Crippen molar-refractivity contribution >= 4 is 41.1 Å². The lowest BCUT2D eigenvalue weighted by Crippen LogP contribution is -2.70. The summed E-state index contributed by atoms with van der Waals surface area (Å²) in [6.45, 7) is 1.92. The number of benzene rings is 1. The van der Waals surface area contributed by atoms with E-state index in [9.17, 15) is 14.4 Å². The van der Waals surface area contributed by atoms with E-state index in [0.29, 0.717) is 23.1 Å². The number of nitrogens with zero attached hydrogens (tertiary/aromatic N) is 5. The van der Waals surface area contributed by atoms with Gasteiger partial charge in [-0.3, -0.25) is 24.1 Å². The molecule has 3 aromatic rings. The first-order valence-electron chi connectivity index (χ1n) is 11.6. The molecule has 1 aromatic carbocycles. The second kappa shape index (κ2) is 10.4. The number of amides is 4. The van der Waals surface area contributed by atoms with E-state index >= 15 is 0 Å². The third-order valence-electron chi connectivity index (χ3n) is 6.41. The Balaban J connectivity index is 1.61. The molecule has 11 heteroatoms. The van der Waals surface area contributed by atoms with Gasteiger partial charge in [0, 0.05) is 31.4 Å². The van der Waals surface area contributed by atoms with Crippen molar-refractivity contribution in [2.45, 2.75) is 31.8 Å². The number of imide groups is 1. The zero-order valence-corrected chi connectivity index (χ0v) is 21.0. The molecule has 4 rings (SSSR count). The van der Waals surface area contributed by atoms with E-state index in [4.69, 9.17) is 17.3 Å². The van der Waals surface area contributed by atoms with Crippen molar-refractivity contribution < 1.29 is 14.4 Å². The van der Waals surface area contributed by atoms with Gasteiger partial charge in [-0.1, -0.05) is 30.7 Å². The number of hydrogen-bond acceptors (Lipinski definition) is 6. The van der Waals surface area contributed by atoms with Crippen molar-refractivity contribution in [3.8, 4) is 0 Å². The van der Waals surface area contributed by atoms with Gasteiger partial charge in [-0.2, -0.15) is 5.10 Å². The molecule has 0 saturated carbocycles. The standard InChI is InChI=1S/C25H28ClN7O3/c1-4-19(16-6-5-7-17(26)14-16)30-25(36)33-22(24(35)31(2)21-9-11-29-32(21)3)18(23(33)34)12-15-8-10-28-20(27)13-15/h5-11,13-14,18-19,22H,4,12H2,1-3H3,(H2,27,28)(H,30,36)/t18?,19-,22+/m1/s1. The molecular formula is C25H28ClN7O3. The van der Waals surface area contributed by atoms with E-state index in [0.717, 1.165) is 16.0 Å². The van der Waals surface area contributed by atoms with E-state index in [-0.39, 0.29) is 12.5 Å². The fourth-order valence-electron chi connectivity index (χ4n) is 4.50. The fourth-order valence-corrected chi connectivity index (χ4v) is 4.70. The summed E-state index contributed by atoms with van der Waals surface area (Å²) in [5, 5.41) is 7.55. The quantitative estimate of drug-likeness (QED) is 0.471. The van der Waals surface area contributed by atoms with Crippen LogP contribution < -0.4 is 16.0 Å². The van der Waals surface area contributed by atoms with Crippen LogP contribution in [0.25, 0.3) is 0 Å². The van der Waals surface area contributed by atoms with Gasteiger partial charge in [0.25, 0.3) is 5.91 Å². The Labute approximate surface area is 214 Å². The van der Waals surface area contributed by atoms with Crippen molar-refractivity contribution in [1.82, 2.24) is 25.0 Å². The predicted molar refractivity (Wildman–Crippen MR) is 136 cm³/mol. The molecule has 0 bridgehead atoms. The van der Waals surface area contributed by atoms with Crippen LogP contribution in [-0.4, -0.2) is 50.6 Å². The van der Waals surface area contributed by atoms with E-state index in [1.807, 2.05) is 13.0 Å². The topological polar surface area (TPSA) is 126 Å². The zero-order chi connectivity index (χ0) is 26.0. The van der Waals surface area contributed by atoms with Crippen molar-refractivity contribution in [2.75, 3.05) is 17.7 Å². The number of aromatic nitrogens is 3. The van der Waals surface area contributed by atoms with Gasteiger partial charge in [-0.05, 0) is 48.2 Å². The Morgan fingerprint density at radius 2 is 2.00 bits per heavy atom. The maximum Gasteiger partial charge on any atom is 0.325 e. The molecule has 1 saturated heterocycles. The zero-order valence-electron chi connectivity index (χ0n) is 20.3. The van der Waals surface area contributed by atoms with Crippen molar-refractivity contribution in [2.24, 2.45) is 13.0 Å². The molecule has 0 spiro atoms. The molecule has 1 aliphatic rings. The van der Waals surface area contributed by atoms with Gasteiger partial charge in [0.1, 0.15) is 17.7 Å². The van der Waals surface area contributed by atoms with Crippen LogP contribution >= 0.6 is 11.6 Å². The minimum absolute atomic E-state index is 0.246. The average molecular weight is 510 g/mol. The third kappa shape index (κ3) is 4.90. The minimum Gasteiger partial charge on any atom is -0.384 e. The Bertz CT molecular complexity index is 1290. The lowest BCUT2D eigenvalue weighted by atomic mass is 9.81. The number of nitrogens with one attached hydrogen (secondary N) is 1. The predicted octanol–water partition coefficient (Wildman–Crippen LogP) is 2.94. The smallest absolute Gasteiger partial charge is 0.325 e. The highest BCUT2D eigenvalue weighted by molar-refractivity contribution is 6.30. The summed E-state index contributed by atoms with van der Waals surface area (Å²) in [6.07, 6.45) is 3.94. The molecule has 10 nitrogen and oxygen atoms in total. The van der Waals surface area contributed by atoms with Crippen LogP contribution in [0.5, 0.6) is 0 Å². The summed E-state index contributed by atoms with van der Waals surface area (Å²) in [6, 6.07) is 10.3. The Hall–Kier alpha value is -3.92. The van der Waals surface area contributed by atoms with Crippen LogP contribution in [0.1, 0.15) is 30.5 Å². The van der Waals surface area contributed by atoms with Gasteiger partial charge in [0.15, 0.2) is 0 Å². The second-order valence-corrected chi connectivity index (χ2v) is 9.16. The van der Waals surface area contributed by atoms with E-state index in [1.54, 1.807) is 67.6 Å². The van der Waals surface area contributed by atoms with Gasteiger partial charge in [0.05, 0.1) is 18.2 Å². The highest BCUT2D eigenvalue weighted by Crippen LogP contribution is 2.33. The lowest BCUT2D eigenvalue weighted by molar-refractivity contribution is -0.156. The van der Waals surface area contributed by atoms with Crippen molar-refractivity contribution in [3.05, 3.63) is 71.0 Å². The summed E-state index contributed by atoms with van der Waals surface area (Å²) in [5.41, 5.74) is 7.37. The number of likely N-dealkylation sites (N-methyl/N-ethyl adjacent to an activating group) is 1. The Kier molecular flexibility index (Phi) is 7.25. The van der Waals surface area contributed by atoms with Crippen molar-refractivity contribution in [1.29, 1.82) is 0 Å². The molecule has 1 fully saturated rings. The number of pyridine rings is 1. The molecule has 188 valence electrons. The molecule has 3 atom stereocenters. The SMILES string of the molecule is CC[C@@H](NC(=O)N1C(=O)C(Cc2ccnc(N)c2)[C@H]1C(=O)N(C)c1ccnn1C)c1cccc(Cl)c1. The highest BCUT2D eigenvalue weighted by Gasteiger charge is 2.55. The van der Waals surface area contributed by atoms with E-state index in [1.165, 1.54) is 4.90 Å². The third-order valence-corrected chi connectivity index (χ3v) is 6.65. The van der Waals surface area contributed by atoms with E-state index < -0.39 is 29.8 Å². The maximum atomic E-state index is 13.6. The number of likely N-dealkylation sites (tertiary alicyclic amines) is 1. The number of β-lactam (4-membered cyclic amide) rings is 1. The lowest BCUT2D eigenvalue weighted by Gasteiger charge is -2.46. The van der Waals surface area contributed by atoms with Crippen LogP contribution in [0.15, 0.2) is 54.9 Å². The minimum atomic E-state index is -0.997. The van der Waals surface area contributed by atoms with Gasteiger partial charge in [0.2, 0.25) is 5.91 Å². The largest absolute Gasteiger partial charge is 0.384 e. The molecule has 1 unspecified atom stereocenters. The number of carbonyl (C=O) groups excluding carboxylic acids is 3. The number of urea groups is 1. The van der Waals surface area contributed by atoms with Gasteiger partial charge in [-0.15, -0.1) is 0 Å². The van der Waals surface area contributed by atoms with Crippen LogP contribution in [0.2, 0.25) is 5.02 Å². The highest BCUT2D eigenvalue weighted by atomic mass is 35.5. The molecule has 3 N–H and O–H groups in total. The van der Waals surface area contributed by atoms with Gasteiger partial charge < -0.3 is 11.1 Å². The maximum absolute atomic E-state index is 13.6. The summed E-state index contributed by atoms with van der Waals surface area (Å²) < 4.78 is 1.55. The first kappa shape index (κ1) is 25.2. The number of hydrogen-bond donors (Lipinski definition) is 2. The number of anilines is 2. The monoisotopic (exact) mass is 509 g/mol. The number of nitrogen functional groups attached to an aromatic ring is 1. The Morgan fingerprint density at radius 3 is 2.64 bits per heavy atom. The summed E-state index contributed by atoms with van der Waals surface area (Å²) in [7, 11) is 3.31. The summed E-state index contributed by atoms with van der Waals surface area (Å²) in [5.74, 6) is -0.697. The second-order valence-electron chi connectivity index (χ2n) is 8.73. The number of nitrogens with two attached hydrogens (primary N) is 1. The normalized spacial score (nSPS) is 17.9. The van der Waals surface area contributed by atoms with Crippen LogP contribution in [-0.2, 0) is 23.1 Å².